The number of halogens is 1. The van der Waals surface area contributed by atoms with Gasteiger partial charge in [0.1, 0.15) is 0 Å². The molecule has 0 aliphatic rings. The van der Waals surface area contributed by atoms with E-state index < -0.39 is 0 Å². The van der Waals surface area contributed by atoms with E-state index in [1.54, 1.807) is 6.08 Å². The van der Waals surface area contributed by atoms with E-state index in [9.17, 15) is 0 Å². The molecule has 70 valence electrons. The van der Waals surface area contributed by atoms with E-state index >= 15 is 0 Å². The van der Waals surface area contributed by atoms with Gasteiger partial charge in [0.25, 0.3) is 0 Å². The number of hydrogen-bond acceptors (Lipinski definition) is 2. The summed E-state index contributed by atoms with van der Waals surface area (Å²) < 4.78 is 0. The van der Waals surface area contributed by atoms with Crippen molar-refractivity contribution in [3.8, 4) is 0 Å². The molecule has 0 fully saturated rings. The zero-order valence-electron chi connectivity index (χ0n) is 7.20. The Morgan fingerprint density at radius 2 is 2.23 bits per heavy atom. The molecule has 13 heavy (non-hydrogen) atoms. The minimum Gasteiger partial charge on any atom is -0.392 e. The highest BCUT2D eigenvalue weighted by molar-refractivity contribution is 6.30. The second kappa shape index (κ2) is 5.62. The van der Waals surface area contributed by atoms with E-state index in [0.29, 0.717) is 6.54 Å². The summed E-state index contributed by atoms with van der Waals surface area (Å²) in [5.41, 5.74) is 0.982. The topological polar surface area (TPSA) is 32.3 Å². The number of hydrogen-bond donors (Lipinski definition) is 2. The van der Waals surface area contributed by atoms with Gasteiger partial charge in [-0.15, -0.1) is 0 Å². The second-order valence-electron chi connectivity index (χ2n) is 2.55. The van der Waals surface area contributed by atoms with Crippen molar-refractivity contribution in [2.75, 3.05) is 18.5 Å². The standard InChI is InChI=1S/C10H12ClNO/c11-9-4-3-5-10(8-9)12-6-1-2-7-13/h1-5,8,12-13H,6-7H2/b2-1+. The highest BCUT2D eigenvalue weighted by Crippen LogP contribution is 2.14. The number of rotatable bonds is 4. The molecule has 3 heteroatoms. The Kier molecular flexibility index (Phi) is 4.36. The van der Waals surface area contributed by atoms with Crippen LogP contribution in [0.2, 0.25) is 5.02 Å². The predicted molar refractivity (Wildman–Crippen MR) is 56.2 cm³/mol. The lowest BCUT2D eigenvalue weighted by molar-refractivity contribution is 0.342. The Morgan fingerprint density at radius 1 is 1.38 bits per heavy atom. The summed E-state index contributed by atoms with van der Waals surface area (Å²) in [7, 11) is 0. The number of nitrogens with one attached hydrogen (secondary N) is 1. The van der Waals surface area contributed by atoms with Crippen LogP contribution in [0.25, 0.3) is 0 Å². The monoisotopic (exact) mass is 197 g/mol. The van der Waals surface area contributed by atoms with E-state index in [-0.39, 0.29) is 6.61 Å². The van der Waals surface area contributed by atoms with Gasteiger partial charge < -0.3 is 10.4 Å². The van der Waals surface area contributed by atoms with Crippen LogP contribution >= 0.6 is 11.6 Å². The summed E-state index contributed by atoms with van der Waals surface area (Å²) in [5, 5.41) is 12.3. The van der Waals surface area contributed by atoms with E-state index in [2.05, 4.69) is 5.32 Å². The molecule has 1 rings (SSSR count). The number of aliphatic hydroxyl groups is 1. The summed E-state index contributed by atoms with van der Waals surface area (Å²) in [5.74, 6) is 0. The largest absolute Gasteiger partial charge is 0.392 e. The van der Waals surface area contributed by atoms with Crippen LogP contribution in [0.4, 0.5) is 5.69 Å². The molecular weight excluding hydrogens is 186 g/mol. The van der Waals surface area contributed by atoms with Crippen LogP contribution in [-0.4, -0.2) is 18.3 Å². The van der Waals surface area contributed by atoms with Gasteiger partial charge in [0, 0.05) is 17.3 Å². The molecule has 0 aliphatic heterocycles. The maximum atomic E-state index is 8.47. The van der Waals surface area contributed by atoms with E-state index in [4.69, 9.17) is 16.7 Å². The molecule has 0 aliphatic carbocycles. The molecule has 0 radical (unpaired) electrons. The van der Waals surface area contributed by atoms with Crippen LogP contribution in [-0.2, 0) is 0 Å². The Morgan fingerprint density at radius 3 is 2.92 bits per heavy atom. The van der Waals surface area contributed by atoms with Gasteiger partial charge in [0.05, 0.1) is 6.61 Å². The average Bonchev–Trinajstić information content (AvgIpc) is 2.13. The molecule has 0 unspecified atom stereocenters. The van der Waals surface area contributed by atoms with Crippen molar-refractivity contribution in [2.24, 2.45) is 0 Å². The van der Waals surface area contributed by atoms with E-state index in [1.165, 1.54) is 0 Å². The summed E-state index contributed by atoms with van der Waals surface area (Å²) in [6.07, 6.45) is 3.55. The fourth-order valence-electron chi connectivity index (χ4n) is 0.933. The fourth-order valence-corrected chi connectivity index (χ4v) is 1.12. The first-order valence-corrected chi connectivity index (χ1v) is 4.46. The lowest BCUT2D eigenvalue weighted by atomic mass is 10.3. The average molecular weight is 198 g/mol. The molecule has 0 atom stereocenters. The van der Waals surface area contributed by atoms with Crippen molar-refractivity contribution in [1.29, 1.82) is 0 Å². The van der Waals surface area contributed by atoms with Crippen molar-refractivity contribution >= 4 is 17.3 Å². The molecule has 1 aromatic carbocycles. The minimum absolute atomic E-state index is 0.0806. The van der Waals surface area contributed by atoms with Crippen LogP contribution in [0.3, 0.4) is 0 Å². The Hall–Kier alpha value is -0.990. The molecule has 2 nitrogen and oxygen atoms in total. The number of aliphatic hydroxyl groups excluding tert-OH is 1. The highest BCUT2D eigenvalue weighted by Gasteiger charge is 1.89. The van der Waals surface area contributed by atoms with Crippen LogP contribution in [0.15, 0.2) is 36.4 Å². The zero-order chi connectivity index (χ0) is 9.52. The first kappa shape index (κ1) is 10.1. The Bertz CT molecular complexity index is 286. The molecule has 0 spiro atoms. The maximum absolute atomic E-state index is 8.47. The number of anilines is 1. The van der Waals surface area contributed by atoms with Crippen molar-refractivity contribution < 1.29 is 5.11 Å². The van der Waals surface area contributed by atoms with Crippen molar-refractivity contribution in [2.45, 2.75) is 0 Å². The summed E-state index contributed by atoms with van der Waals surface area (Å²) in [4.78, 5) is 0. The molecule has 0 amide bonds. The molecule has 1 aromatic rings. The first-order chi connectivity index (χ1) is 6.33. The van der Waals surface area contributed by atoms with Crippen LogP contribution < -0.4 is 5.32 Å². The summed E-state index contributed by atoms with van der Waals surface area (Å²) in [6.45, 7) is 0.776. The van der Waals surface area contributed by atoms with Gasteiger partial charge >= 0.3 is 0 Å². The van der Waals surface area contributed by atoms with Gasteiger partial charge in [0.15, 0.2) is 0 Å². The van der Waals surface area contributed by atoms with Gasteiger partial charge in [-0.1, -0.05) is 29.8 Å². The minimum atomic E-state index is 0.0806. The molecular formula is C10H12ClNO. The van der Waals surface area contributed by atoms with Gasteiger partial charge in [-0.2, -0.15) is 0 Å². The summed E-state index contributed by atoms with van der Waals surface area (Å²) in [6, 6.07) is 7.52. The van der Waals surface area contributed by atoms with E-state index in [0.717, 1.165) is 10.7 Å². The molecule has 0 saturated carbocycles. The third-order valence-electron chi connectivity index (χ3n) is 1.52. The Balaban J connectivity index is 2.41. The van der Waals surface area contributed by atoms with Gasteiger partial charge in [0.2, 0.25) is 0 Å². The van der Waals surface area contributed by atoms with Gasteiger partial charge in [-0.05, 0) is 18.2 Å². The first-order valence-electron chi connectivity index (χ1n) is 4.08. The summed E-state index contributed by atoms with van der Waals surface area (Å²) >= 11 is 5.79. The number of benzene rings is 1. The van der Waals surface area contributed by atoms with Crippen LogP contribution in [0, 0.1) is 0 Å². The maximum Gasteiger partial charge on any atom is 0.0613 e. The lowest BCUT2D eigenvalue weighted by Gasteiger charge is -2.02. The van der Waals surface area contributed by atoms with Crippen LogP contribution in [0.5, 0.6) is 0 Å². The lowest BCUT2D eigenvalue weighted by Crippen LogP contribution is -1.97. The van der Waals surface area contributed by atoms with Crippen molar-refractivity contribution in [1.82, 2.24) is 0 Å². The smallest absolute Gasteiger partial charge is 0.0613 e. The van der Waals surface area contributed by atoms with Crippen molar-refractivity contribution in [3.63, 3.8) is 0 Å². The quantitative estimate of drug-likeness (QED) is 0.726. The molecule has 0 heterocycles. The third-order valence-corrected chi connectivity index (χ3v) is 1.76. The molecule has 0 aromatic heterocycles. The molecule has 0 bridgehead atoms. The van der Waals surface area contributed by atoms with Crippen LogP contribution in [0.1, 0.15) is 0 Å². The second-order valence-corrected chi connectivity index (χ2v) is 2.98. The Labute approximate surface area is 82.8 Å². The SMILES string of the molecule is OC/C=C/CNc1cccc(Cl)c1. The zero-order valence-corrected chi connectivity index (χ0v) is 7.96. The van der Waals surface area contributed by atoms with Crippen molar-refractivity contribution in [3.05, 3.63) is 41.4 Å². The fraction of sp³-hybridized carbons (Fsp3) is 0.200. The normalized spacial score (nSPS) is 10.6. The van der Waals surface area contributed by atoms with Gasteiger partial charge in [-0.3, -0.25) is 0 Å². The highest BCUT2D eigenvalue weighted by atomic mass is 35.5. The molecule has 0 saturated heterocycles. The predicted octanol–water partition coefficient (Wildman–Crippen LogP) is 2.30. The molecule has 2 N–H and O–H groups in total. The third kappa shape index (κ3) is 3.97. The van der Waals surface area contributed by atoms with E-state index in [1.807, 2.05) is 30.3 Å². The van der Waals surface area contributed by atoms with Gasteiger partial charge in [-0.25, -0.2) is 0 Å².